The zero-order valence-corrected chi connectivity index (χ0v) is 13.3. The molecule has 0 N–H and O–H groups in total. The van der Waals surface area contributed by atoms with Crippen molar-refractivity contribution in [2.75, 3.05) is 26.9 Å². The number of hydrogen-bond donors (Lipinski definition) is 0. The van der Waals surface area contributed by atoms with E-state index in [9.17, 15) is 9.59 Å². The molecule has 2 aromatic carbocycles. The molecule has 0 fully saturated rings. The summed E-state index contributed by atoms with van der Waals surface area (Å²) in [5, 5.41) is 1.71. The Morgan fingerprint density at radius 2 is 1.52 bits per heavy atom. The minimum atomic E-state index is -0.565. The van der Waals surface area contributed by atoms with Crippen LogP contribution in [0.4, 0.5) is 0 Å². The molecular formula is C18H20O5. The smallest absolute Gasteiger partial charge is 0.339 e. The number of ether oxygens (including phenoxy) is 3. The van der Waals surface area contributed by atoms with E-state index < -0.39 is 11.9 Å². The van der Waals surface area contributed by atoms with Gasteiger partial charge in [0, 0.05) is 6.61 Å². The molecule has 0 aliphatic rings. The summed E-state index contributed by atoms with van der Waals surface area (Å²) >= 11 is 0. The molecule has 0 aliphatic carbocycles. The van der Waals surface area contributed by atoms with Crippen molar-refractivity contribution in [3.63, 3.8) is 0 Å². The van der Waals surface area contributed by atoms with Crippen molar-refractivity contribution in [1.29, 1.82) is 0 Å². The molecule has 2 aromatic rings. The largest absolute Gasteiger partial charge is 0.465 e. The molecule has 0 saturated carbocycles. The highest BCUT2D eigenvalue weighted by Gasteiger charge is 2.20. The van der Waals surface area contributed by atoms with Crippen LogP contribution in [0.25, 0.3) is 10.8 Å². The zero-order valence-electron chi connectivity index (χ0n) is 13.3. The van der Waals surface area contributed by atoms with E-state index in [2.05, 4.69) is 0 Å². The van der Waals surface area contributed by atoms with Crippen LogP contribution in [0.3, 0.4) is 0 Å². The molecule has 0 aliphatic heterocycles. The fourth-order valence-electron chi connectivity index (χ4n) is 2.21. The fraction of sp³-hybridized carbons (Fsp3) is 0.333. The number of esters is 2. The van der Waals surface area contributed by atoms with Gasteiger partial charge in [-0.05, 0) is 29.3 Å². The van der Waals surface area contributed by atoms with Crippen molar-refractivity contribution >= 4 is 22.7 Å². The molecule has 5 nitrogen and oxygen atoms in total. The maximum absolute atomic E-state index is 12.3. The fourth-order valence-corrected chi connectivity index (χ4v) is 2.21. The first kappa shape index (κ1) is 17.0. The number of carbonyl (C=O) groups excluding carboxylic acids is 2. The second-order valence-corrected chi connectivity index (χ2v) is 4.98. The molecule has 0 spiro atoms. The van der Waals surface area contributed by atoms with Crippen molar-refractivity contribution in [3.8, 4) is 0 Å². The first-order chi connectivity index (χ1) is 11.2. The number of rotatable bonds is 7. The normalized spacial score (nSPS) is 10.5. The Balaban J connectivity index is 2.22. The predicted octanol–water partition coefficient (Wildman–Crippen LogP) is 3.21. The van der Waals surface area contributed by atoms with E-state index in [0.717, 1.165) is 17.2 Å². The third-order valence-electron chi connectivity index (χ3n) is 3.32. The molecule has 23 heavy (non-hydrogen) atoms. The van der Waals surface area contributed by atoms with Gasteiger partial charge in [0.2, 0.25) is 0 Å². The van der Waals surface area contributed by atoms with Gasteiger partial charge in [-0.3, -0.25) is 0 Å². The first-order valence-electron chi connectivity index (χ1n) is 7.53. The Morgan fingerprint density at radius 3 is 2.09 bits per heavy atom. The lowest BCUT2D eigenvalue weighted by molar-refractivity contribution is 0.0313. The minimum Gasteiger partial charge on any atom is -0.465 e. The quantitative estimate of drug-likeness (QED) is 0.580. The van der Waals surface area contributed by atoms with Crippen LogP contribution >= 0.6 is 0 Å². The zero-order chi connectivity index (χ0) is 16.7. The average Bonchev–Trinajstić information content (AvgIpc) is 2.59. The Morgan fingerprint density at radius 1 is 0.913 bits per heavy atom. The third kappa shape index (κ3) is 4.29. The highest BCUT2D eigenvalue weighted by Crippen LogP contribution is 2.21. The van der Waals surface area contributed by atoms with Gasteiger partial charge in [-0.2, -0.15) is 0 Å². The second-order valence-electron chi connectivity index (χ2n) is 4.98. The van der Waals surface area contributed by atoms with Gasteiger partial charge in [0.25, 0.3) is 0 Å². The lowest BCUT2D eigenvalue weighted by atomic mass is 10.0. The summed E-state index contributed by atoms with van der Waals surface area (Å²) in [5.41, 5.74) is 0.400. The van der Waals surface area contributed by atoms with Gasteiger partial charge in [-0.15, -0.1) is 0 Å². The van der Waals surface area contributed by atoms with Gasteiger partial charge in [0.15, 0.2) is 0 Å². The summed E-state index contributed by atoms with van der Waals surface area (Å²) in [6.07, 6.45) is 0.908. The molecular weight excluding hydrogens is 296 g/mol. The number of hydrogen-bond acceptors (Lipinski definition) is 5. The van der Waals surface area contributed by atoms with E-state index in [4.69, 9.17) is 14.2 Å². The monoisotopic (exact) mass is 316 g/mol. The van der Waals surface area contributed by atoms with Crippen LogP contribution in [-0.4, -0.2) is 38.9 Å². The maximum Gasteiger partial charge on any atom is 0.339 e. The Bertz CT molecular complexity index is 693. The molecule has 0 aromatic heterocycles. The summed E-state index contributed by atoms with van der Waals surface area (Å²) < 4.78 is 15.2. The van der Waals surface area contributed by atoms with E-state index >= 15 is 0 Å². The van der Waals surface area contributed by atoms with Crippen molar-refractivity contribution in [2.24, 2.45) is 0 Å². The standard InChI is InChI=1S/C18H20O5/c1-3-8-22-9-10-23-18(20)16-12-14-7-5-4-6-13(14)11-15(16)17(19)21-2/h4-7,11-12H,3,8-10H2,1-2H3. The van der Waals surface area contributed by atoms with Crippen molar-refractivity contribution in [3.05, 3.63) is 47.5 Å². The Kier molecular flexibility index (Phi) is 6.11. The van der Waals surface area contributed by atoms with Crippen LogP contribution in [0.2, 0.25) is 0 Å². The number of methoxy groups -OCH3 is 1. The molecule has 0 saturated heterocycles. The molecule has 0 amide bonds. The molecule has 0 heterocycles. The SMILES string of the molecule is CCCOCCOC(=O)c1cc2ccccc2cc1C(=O)OC. The summed E-state index contributed by atoms with van der Waals surface area (Å²) in [6, 6.07) is 10.8. The topological polar surface area (TPSA) is 61.8 Å². The molecule has 0 bridgehead atoms. The van der Waals surface area contributed by atoms with Gasteiger partial charge in [0.05, 0.1) is 24.8 Å². The van der Waals surface area contributed by atoms with Crippen LogP contribution < -0.4 is 0 Å². The summed E-state index contributed by atoms with van der Waals surface area (Å²) in [4.78, 5) is 24.2. The highest BCUT2D eigenvalue weighted by molar-refractivity contribution is 6.07. The van der Waals surface area contributed by atoms with Crippen LogP contribution in [0.5, 0.6) is 0 Å². The van der Waals surface area contributed by atoms with E-state index in [1.165, 1.54) is 7.11 Å². The molecule has 0 unspecified atom stereocenters. The summed E-state index contributed by atoms with van der Waals surface area (Å²) in [7, 11) is 1.28. The minimum absolute atomic E-state index is 0.145. The second kappa shape index (κ2) is 8.29. The van der Waals surface area contributed by atoms with Crippen LogP contribution in [-0.2, 0) is 14.2 Å². The van der Waals surface area contributed by atoms with Gasteiger partial charge in [-0.25, -0.2) is 9.59 Å². The first-order valence-corrected chi connectivity index (χ1v) is 7.53. The van der Waals surface area contributed by atoms with Gasteiger partial charge >= 0.3 is 11.9 Å². The van der Waals surface area contributed by atoms with E-state index in [1.54, 1.807) is 12.1 Å². The lowest BCUT2D eigenvalue weighted by Gasteiger charge is -2.10. The van der Waals surface area contributed by atoms with Gasteiger partial charge in [-0.1, -0.05) is 31.2 Å². The van der Waals surface area contributed by atoms with Gasteiger partial charge in [0.1, 0.15) is 6.61 Å². The molecule has 2 rings (SSSR count). The highest BCUT2D eigenvalue weighted by atomic mass is 16.6. The van der Waals surface area contributed by atoms with Gasteiger partial charge < -0.3 is 14.2 Å². The molecule has 122 valence electrons. The predicted molar refractivity (Wildman–Crippen MR) is 86.7 cm³/mol. The summed E-state index contributed by atoms with van der Waals surface area (Å²) in [6.45, 7) is 3.11. The number of fused-ring (bicyclic) bond motifs is 1. The summed E-state index contributed by atoms with van der Waals surface area (Å²) in [5.74, 6) is -1.12. The lowest BCUT2D eigenvalue weighted by Crippen LogP contribution is -2.15. The maximum atomic E-state index is 12.3. The molecule has 5 heteroatoms. The van der Waals surface area contributed by atoms with Crippen LogP contribution in [0.1, 0.15) is 34.1 Å². The average molecular weight is 316 g/mol. The van der Waals surface area contributed by atoms with Crippen molar-refractivity contribution in [2.45, 2.75) is 13.3 Å². The van der Waals surface area contributed by atoms with E-state index in [1.807, 2.05) is 31.2 Å². The van der Waals surface area contributed by atoms with E-state index in [0.29, 0.717) is 13.2 Å². The molecule has 0 radical (unpaired) electrons. The van der Waals surface area contributed by atoms with Crippen LogP contribution in [0.15, 0.2) is 36.4 Å². The van der Waals surface area contributed by atoms with Crippen molar-refractivity contribution < 1.29 is 23.8 Å². The van der Waals surface area contributed by atoms with Crippen LogP contribution in [0, 0.1) is 0 Å². The number of benzene rings is 2. The van der Waals surface area contributed by atoms with E-state index in [-0.39, 0.29) is 17.7 Å². The Hall–Kier alpha value is -2.40. The molecule has 0 atom stereocenters. The van der Waals surface area contributed by atoms with Crippen molar-refractivity contribution in [1.82, 2.24) is 0 Å². The number of carbonyl (C=O) groups is 2. The third-order valence-corrected chi connectivity index (χ3v) is 3.32. The Labute approximate surface area is 135 Å².